The molecule has 0 bridgehead atoms. The topological polar surface area (TPSA) is 78.9 Å². The molecule has 0 heterocycles. The van der Waals surface area contributed by atoms with Gasteiger partial charge < -0.3 is 14.2 Å². The van der Waals surface area contributed by atoms with Crippen LogP contribution in [0.5, 0.6) is 0 Å². The Morgan fingerprint density at radius 3 is 2.47 bits per heavy atom. The third kappa shape index (κ3) is 8.24. The van der Waals surface area contributed by atoms with Crippen LogP contribution < -0.4 is 0 Å². The van der Waals surface area contributed by atoms with Crippen LogP contribution in [0, 0.1) is 0 Å². The summed E-state index contributed by atoms with van der Waals surface area (Å²) in [6, 6.07) is 0. The van der Waals surface area contributed by atoms with E-state index < -0.39 is 43.4 Å². The molecule has 0 aromatic rings. The summed E-state index contributed by atoms with van der Waals surface area (Å²) < 4.78 is 35.9. The number of carbonyl (C=O) groups is 3. The van der Waals surface area contributed by atoms with Gasteiger partial charge in [-0.3, -0.25) is 9.59 Å². The standard InChI is InChI=1S/C11H18O6/c1-4-15-11(14)8(2)17-10(13)6-5-7-16-9(3)12/h8H,4-7H2,1-3H3/t8-/m0/s1/i6D2,7D/t7?,8-. The minimum atomic E-state index is -2.55. The van der Waals surface area contributed by atoms with Crippen LogP contribution in [0.2, 0.25) is 0 Å². The van der Waals surface area contributed by atoms with Gasteiger partial charge in [-0.2, -0.15) is 0 Å². The first-order valence-electron chi connectivity index (χ1n) is 6.65. The van der Waals surface area contributed by atoms with Gasteiger partial charge in [-0.05, 0) is 20.3 Å². The van der Waals surface area contributed by atoms with Gasteiger partial charge in [-0.25, -0.2) is 4.79 Å². The highest BCUT2D eigenvalue weighted by molar-refractivity contribution is 5.78. The van der Waals surface area contributed by atoms with Crippen LogP contribution in [0.25, 0.3) is 0 Å². The lowest BCUT2D eigenvalue weighted by atomic mass is 10.3. The van der Waals surface area contributed by atoms with Gasteiger partial charge in [0.2, 0.25) is 0 Å². The van der Waals surface area contributed by atoms with Crippen molar-refractivity contribution in [1.29, 1.82) is 0 Å². The predicted molar refractivity (Wildman–Crippen MR) is 58.1 cm³/mol. The van der Waals surface area contributed by atoms with Crippen molar-refractivity contribution in [2.75, 3.05) is 13.2 Å². The van der Waals surface area contributed by atoms with E-state index in [2.05, 4.69) is 14.2 Å². The van der Waals surface area contributed by atoms with Crippen molar-refractivity contribution >= 4 is 17.9 Å². The zero-order valence-corrected chi connectivity index (χ0v) is 10.0. The minimum Gasteiger partial charge on any atom is -0.466 e. The first kappa shape index (κ1) is 10.6. The van der Waals surface area contributed by atoms with E-state index in [0.717, 1.165) is 6.92 Å². The molecule has 2 atom stereocenters. The molecule has 98 valence electrons. The van der Waals surface area contributed by atoms with Crippen LogP contribution in [-0.4, -0.2) is 37.2 Å². The van der Waals surface area contributed by atoms with Gasteiger partial charge in [0, 0.05) is 16.0 Å². The van der Waals surface area contributed by atoms with E-state index in [4.69, 9.17) is 4.11 Å². The van der Waals surface area contributed by atoms with Crippen molar-refractivity contribution in [1.82, 2.24) is 0 Å². The molecule has 0 amide bonds. The highest BCUT2D eigenvalue weighted by atomic mass is 16.6. The van der Waals surface area contributed by atoms with Crippen LogP contribution in [-0.2, 0) is 28.6 Å². The molecule has 0 aromatic heterocycles. The maximum atomic E-state index is 11.6. The quantitative estimate of drug-likeness (QED) is 0.491. The molecule has 1 unspecified atom stereocenters. The summed E-state index contributed by atoms with van der Waals surface area (Å²) in [5, 5.41) is 0. The molecule has 6 nitrogen and oxygen atoms in total. The lowest BCUT2D eigenvalue weighted by Gasteiger charge is -2.11. The smallest absolute Gasteiger partial charge is 0.347 e. The Morgan fingerprint density at radius 2 is 1.94 bits per heavy atom. The van der Waals surface area contributed by atoms with Gasteiger partial charge in [0.05, 0.1) is 14.6 Å². The molecule has 0 aliphatic heterocycles. The lowest BCUT2D eigenvalue weighted by Crippen LogP contribution is -2.26. The second-order valence-electron chi connectivity index (χ2n) is 2.96. The molecule has 0 spiro atoms. The lowest BCUT2D eigenvalue weighted by molar-refractivity contribution is -0.166. The van der Waals surface area contributed by atoms with Crippen molar-refractivity contribution in [3.05, 3.63) is 0 Å². The van der Waals surface area contributed by atoms with Crippen molar-refractivity contribution in [2.24, 2.45) is 0 Å². The largest absolute Gasteiger partial charge is 0.466 e. The molecule has 17 heavy (non-hydrogen) atoms. The first-order valence-corrected chi connectivity index (χ1v) is 5.07. The van der Waals surface area contributed by atoms with Crippen LogP contribution >= 0.6 is 0 Å². The third-order valence-electron chi connectivity index (χ3n) is 1.48. The Morgan fingerprint density at radius 1 is 1.29 bits per heavy atom. The van der Waals surface area contributed by atoms with E-state index in [1.165, 1.54) is 6.92 Å². The van der Waals surface area contributed by atoms with Gasteiger partial charge in [-0.1, -0.05) is 0 Å². The van der Waals surface area contributed by atoms with Crippen molar-refractivity contribution in [3.8, 4) is 0 Å². The molecular formula is C11H18O6. The van der Waals surface area contributed by atoms with Crippen molar-refractivity contribution in [3.63, 3.8) is 0 Å². The van der Waals surface area contributed by atoms with Gasteiger partial charge in [0.25, 0.3) is 0 Å². The maximum Gasteiger partial charge on any atom is 0.347 e. The predicted octanol–water partition coefficient (Wildman–Crippen LogP) is 0.825. The Balaban J connectivity index is 4.50. The van der Waals surface area contributed by atoms with E-state index in [-0.39, 0.29) is 6.61 Å². The maximum absolute atomic E-state index is 11.6. The van der Waals surface area contributed by atoms with E-state index in [0.29, 0.717) is 0 Å². The number of rotatable bonds is 7. The van der Waals surface area contributed by atoms with Crippen molar-refractivity contribution < 1.29 is 32.7 Å². The van der Waals surface area contributed by atoms with Gasteiger partial charge >= 0.3 is 17.9 Å². The molecule has 0 fully saturated rings. The van der Waals surface area contributed by atoms with Gasteiger partial charge in [-0.15, -0.1) is 0 Å². The van der Waals surface area contributed by atoms with Gasteiger partial charge in [0.1, 0.15) is 0 Å². The average molecular weight is 249 g/mol. The summed E-state index contributed by atoms with van der Waals surface area (Å²) in [6.45, 7) is 2.46. The number of carbonyl (C=O) groups excluding carboxylic acids is 3. The highest BCUT2D eigenvalue weighted by Gasteiger charge is 2.18. The summed E-state index contributed by atoms with van der Waals surface area (Å²) in [5.74, 6) is -2.87. The molecule has 0 saturated carbocycles. The minimum absolute atomic E-state index is 0.106. The molecule has 0 N–H and O–H groups in total. The van der Waals surface area contributed by atoms with E-state index in [9.17, 15) is 14.4 Å². The molecule has 0 aliphatic rings. The average Bonchev–Trinajstić information content (AvgIpc) is 2.26. The number of ether oxygens (including phenoxy) is 3. The summed E-state index contributed by atoms with van der Waals surface area (Å²) in [7, 11) is 0. The Hall–Kier alpha value is -1.59. The fraction of sp³-hybridized carbons (Fsp3) is 0.727. The fourth-order valence-corrected chi connectivity index (χ4v) is 0.794. The fourth-order valence-electron chi connectivity index (χ4n) is 0.794. The molecule has 0 rings (SSSR count). The zero-order chi connectivity index (χ0) is 15.9. The second-order valence-corrected chi connectivity index (χ2v) is 2.96. The van der Waals surface area contributed by atoms with E-state index in [1.54, 1.807) is 6.92 Å². The highest BCUT2D eigenvalue weighted by Crippen LogP contribution is 2.00. The monoisotopic (exact) mass is 249 g/mol. The molecule has 0 aromatic carbocycles. The van der Waals surface area contributed by atoms with Crippen molar-refractivity contribution in [2.45, 2.75) is 39.7 Å². The van der Waals surface area contributed by atoms with E-state index in [1.807, 2.05) is 0 Å². The molecule has 0 aliphatic carbocycles. The van der Waals surface area contributed by atoms with E-state index >= 15 is 0 Å². The summed E-state index contributed by atoms with van der Waals surface area (Å²) >= 11 is 0. The second kappa shape index (κ2) is 8.55. The number of esters is 3. The Kier molecular flexibility index (Phi) is 5.31. The molecule has 6 heteroatoms. The summed E-state index contributed by atoms with van der Waals surface area (Å²) in [6.07, 6.45) is -4.50. The van der Waals surface area contributed by atoms with Crippen LogP contribution in [0.1, 0.15) is 37.7 Å². The number of hydrogen-bond donors (Lipinski definition) is 0. The Bertz CT molecular complexity index is 371. The SMILES string of the molecule is [2H]C(CC([2H])([2H])C(=O)O[C@@H](C)C(=O)OCC)OC(C)=O. The van der Waals surface area contributed by atoms with Gasteiger partial charge in [0.15, 0.2) is 6.10 Å². The van der Waals surface area contributed by atoms with Crippen LogP contribution in [0.3, 0.4) is 0 Å². The molecular weight excluding hydrogens is 228 g/mol. The molecule has 0 radical (unpaired) electrons. The Labute approximate surface area is 104 Å². The summed E-state index contributed by atoms with van der Waals surface area (Å²) in [5.41, 5.74) is 0. The zero-order valence-electron chi connectivity index (χ0n) is 13.0. The van der Waals surface area contributed by atoms with Crippen LogP contribution in [0.15, 0.2) is 0 Å². The normalized spacial score (nSPS) is 16.8. The van der Waals surface area contributed by atoms with Crippen LogP contribution in [0.4, 0.5) is 0 Å². The number of hydrogen-bond acceptors (Lipinski definition) is 6. The summed E-state index contributed by atoms with van der Waals surface area (Å²) in [4.78, 5) is 33.4. The molecule has 0 saturated heterocycles. The third-order valence-corrected chi connectivity index (χ3v) is 1.48. The first-order chi connectivity index (χ1) is 9.10.